The highest BCUT2D eigenvalue weighted by Gasteiger charge is 2.25. The van der Waals surface area contributed by atoms with Gasteiger partial charge in [0.2, 0.25) is 5.43 Å². The highest BCUT2D eigenvalue weighted by Crippen LogP contribution is 2.35. The van der Waals surface area contributed by atoms with Crippen LogP contribution < -0.4 is 16.1 Å². The van der Waals surface area contributed by atoms with Crippen molar-refractivity contribution in [1.29, 1.82) is 0 Å². The van der Waals surface area contributed by atoms with Crippen molar-refractivity contribution in [2.75, 3.05) is 10.6 Å². The SMILES string of the molecule is Cn1cc(C(=O)Nc2ccc3c(c2)NC(=O)C3=Cc2ccc[nH]2)c(=O)c(-c2ccc(F)cc2)c1. The molecule has 0 saturated heterocycles. The Morgan fingerprint density at radius 1 is 1.03 bits per heavy atom. The first-order chi connectivity index (χ1) is 16.4. The first-order valence-corrected chi connectivity index (χ1v) is 10.5. The Labute approximate surface area is 193 Å². The van der Waals surface area contributed by atoms with E-state index in [1.165, 1.54) is 30.5 Å². The third kappa shape index (κ3) is 3.93. The van der Waals surface area contributed by atoms with Crippen molar-refractivity contribution in [3.63, 3.8) is 0 Å². The summed E-state index contributed by atoms with van der Waals surface area (Å²) in [4.78, 5) is 41.5. The smallest absolute Gasteiger partial charge is 0.261 e. The number of nitrogens with zero attached hydrogens (tertiary/aromatic N) is 1. The van der Waals surface area contributed by atoms with Crippen molar-refractivity contribution in [1.82, 2.24) is 9.55 Å². The number of carbonyl (C=O) groups excluding carboxylic acids is 2. The molecular formula is C26H19FN4O3. The summed E-state index contributed by atoms with van der Waals surface area (Å²) in [6, 6.07) is 14.3. The fourth-order valence-electron chi connectivity index (χ4n) is 3.91. The number of halogens is 1. The van der Waals surface area contributed by atoms with Gasteiger partial charge in [-0.2, -0.15) is 0 Å². The van der Waals surface area contributed by atoms with E-state index in [2.05, 4.69) is 15.6 Å². The Kier molecular flexibility index (Phi) is 5.18. The number of aromatic nitrogens is 2. The lowest BCUT2D eigenvalue weighted by Gasteiger charge is -2.10. The molecule has 2 aromatic heterocycles. The van der Waals surface area contributed by atoms with Crippen LogP contribution in [0.15, 0.2) is 78.0 Å². The largest absolute Gasteiger partial charge is 0.362 e. The Bertz CT molecular complexity index is 1520. The molecule has 5 rings (SSSR count). The number of aromatic amines is 1. The highest BCUT2D eigenvalue weighted by molar-refractivity contribution is 6.35. The molecule has 1 aliphatic rings. The van der Waals surface area contributed by atoms with Crippen LogP contribution in [0.5, 0.6) is 0 Å². The Balaban J connectivity index is 1.44. The van der Waals surface area contributed by atoms with Gasteiger partial charge in [-0.15, -0.1) is 0 Å². The minimum Gasteiger partial charge on any atom is -0.362 e. The molecule has 4 aromatic rings. The lowest BCUT2D eigenvalue weighted by atomic mass is 10.0. The molecular weight excluding hydrogens is 435 g/mol. The van der Waals surface area contributed by atoms with Crippen LogP contribution in [0.25, 0.3) is 22.8 Å². The van der Waals surface area contributed by atoms with Crippen molar-refractivity contribution >= 4 is 34.8 Å². The molecule has 0 spiro atoms. The third-order valence-corrected chi connectivity index (χ3v) is 5.54. The van der Waals surface area contributed by atoms with Crippen LogP contribution in [-0.4, -0.2) is 21.4 Å². The third-order valence-electron chi connectivity index (χ3n) is 5.54. The number of nitrogens with one attached hydrogen (secondary N) is 3. The van der Waals surface area contributed by atoms with E-state index >= 15 is 0 Å². The zero-order valence-electron chi connectivity index (χ0n) is 18.1. The second kappa shape index (κ2) is 8.32. The summed E-state index contributed by atoms with van der Waals surface area (Å²) in [5.74, 6) is -1.24. The maximum absolute atomic E-state index is 13.3. The zero-order chi connectivity index (χ0) is 23.8. The number of hydrogen-bond donors (Lipinski definition) is 3. The van der Waals surface area contributed by atoms with Gasteiger partial charge in [0.15, 0.2) is 0 Å². The number of aryl methyl sites for hydroxylation is 1. The number of pyridine rings is 1. The minimum absolute atomic E-state index is 0.0545. The van der Waals surface area contributed by atoms with Gasteiger partial charge in [-0.05, 0) is 48.0 Å². The topological polar surface area (TPSA) is 96.0 Å². The first-order valence-electron chi connectivity index (χ1n) is 10.5. The molecule has 0 fully saturated rings. The molecule has 0 radical (unpaired) electrons. The van der Waals surface area contributed by atoms with Crippen LogP contribution in [0.4, 0.5) is 15.8 Å². The molecule has 168 valence electrons. The van der Waals surface area contributed by atoms with Gasteiger partial charge in [0.1, 0.15) is 11.4 Å². The maximum Gasteiger partial charge on any atom is 0.261 e. The Morgan fingerprint density at radius 3 is 2.56 bits per heavy atom. The molecule has 34 heavy (non-hydrogen) atoms. The minimum atomic E-state index is -0.587. The molecule has 1 aliphatic heterocycles. The quantitative estimate of drug-likeness (QED) is 0.402. The number of benzene rings is 2. The molecule has 7 nitrogen and oxygen atoms in total. The molecule has 3 heterocycles. The van der Waals surface area contributed by atoms with Crippen molar-refractivity contribution in [2.24, 2.45) is 7.05 Å². The number of anilines is 2. The molecule has 0 aliphatic carbocycles. The van der Waals surface area contributed by atoms with Crippen LogP contribution in [0, 0.1) is 5.82 Å². The van der Waals surface area contributed by atoms with Gasteiger partial charge in [-0.1, -0.05) is 18.2 Å². The first kappa shape index (κ1) is 21.1. The molecule has 0 atom stereocenters. The summed E-state index contributed by atoms with van der Waals surface area (Å²) in [6.07, 6.45) is 6.56. The predicted molar refractivity (Wildman–Crippen MR) is 129 cm³/mol. The molecule has 8 heteroatoms. The van der Waals surface area contributed by atoms with Crippen LogP contribution in [0.2, 0.25) is 0 Å². The molecule has 2 amide bonds. The number of fused-ring (bicyclic) bond motifs is 1. The summed E-state index contributed by atoms with van der Waals surface area (Å²) in [5, 5.41) is 5.53. The summed E-state index contributed by atoms with van der Waals surface area (Å²) < 4.78 is 14.9. The lowest BCUT2D eigenvalue weighted by molar-refractivity contribution is -0.110. The van der Waals surface area contributed by atoms with E-state index in [1.54, 1.807) is 48.3 Å². The zero-order valence-corrected chi connectivity index (χ0v) is 18.1. The standard InChI is InChI=1S/C26H19FN4O3/c1-31-13-21(15-4-6-16(27)7-5-15)24(32)22(14-31)26(34)29-18-8-9-19-20(11-17-3-2-10-28-17)25(33)30-23(19)12-18/h2-14,28H,1H3,(H,29,34)(H,30,33). The summed E-state index contributed by atoms with van der Waals surface area (Å²) in [6.45, 7) is 0. The molecule has 0 unspecified atom stereocenters. The number of amides is 2. The molecule has 0 bridgehead atoms. The monoisotopic (exact) mass is 454 g/mol. The van der Waals surface area contributed by atoms with Crippen LogP contribution in [0.3, 0.4) is 0 Å². The fourth-order valence-corrected chi connectivity index (χ4v) is 3.91. The number of H-pyrrole nitrogens is 1. The van der Waals surface area contributed by atoms with Crippen LogP contribution >= 0.6 is 0 Å². The number of hydrogen-bond acceptors (Lipinski definition) is 3. The Hall–Kier alpha value is -4.72. The van der Waals surface area contributed by atoms with E-state index in [0.29, 0.717) is 28.1 Å². The van der Waals surface area contributed by atoms with E-state index in [1.807, 2.05) is 12.1 Å². The normalized spacial score (nSPS) is 13.6. The average molecular weight is 454 g/mol. The van der Waals surface area contributed by atoms with E-state index < -0.39 is 17.2 Å². The van der Waals surface area contributed by atoms with Crippen molar-refractivity contribution in [3.8, 4) is 11.1 Å². The average Bonchev–Trinajstić information content (AvgIpc) is 3.43. The van der Waals surface area contributed by atoms with Gasteiger partial charge in [0.05, 0.1) is 11.3 Å². The van der Waals surface area contributed by atoms with Crippen LogP contribution in [0.1, 0.15) is 21.6 Å². The van der Waals surface area contributed by atoms with Gasteiger partial charge < -0.3 is 20.2 Å². The molecule has 2 aromatic carbocycles. The molecule has 0 saturated carbocycles. The van der Waals surface area contributed by atoms with Crippen LogP contribution in [-0.2, 0) is 11.8 Å². The summed E-state index contributed by atoms with van der Waals surface area (Å²) >= 11 is 0. The number of rotatable bonds is 4. The second-order valence-electron chi connectivity index (χ2n) is 7.94. The van der Waals surface area contributed by atoms with E-state index in [0.717, 1.165) is 5.69 Å². The summed E-state index contributed by atoms with van der Waals surface area (Å²) in [7, 11) is 1.70. The van der Waals surface area contributed by atoms with Gasteiger partial charge in [0.25, 0.3) is 11.8 Å². The van der Waals surface area contributed by atoms with Gasteiger partial charge in [-0.25, -0.2) is 4.39 Å². The summed E-state index contributed by atoms with van der Waals surface area (Å²) in [5.41, 5.74) is 3.30. The van der Waals surface area contributed by atoms with E-state index in [9.17, 15) is 18.8 Å². The van der Waals surface area contributed by atoms with E-state index in [-0.39, 0.29) is 17.0 Å². The van der Waals surface area contributed by atoms with Gasteiger partial charge in [-0.3, -0.25) is 14.4 Å². The highest BCUT2D eigenvalue weighted by atomic mass is 19.1. The van der Waals surface area contributed by atoms with Crippen molar-refractivity contribution in [3.05, 3.63) is 106 Å². The maximum atomic E-state index is 13.3. The predicted octanol–water partition coefficient (Wildman–Crippen LogP) is 4.26. The van der Waals surface area contributed by atoms with Gasteiger partial charge >= 0.3 is 0 Å². The molecule has 3 N–H and O–H groups in total. The van der Waals surface area contributed by atoms with Gasteiger partial charge in [0, 0.05) is 48.1 Å². The fraction of sp³-hybridized carbons (Fsp3) is 0.0385. The Morgan fingerprint density at radius 2 is 1.82 bits per heavy atom. The number of carbonyl (C=O) groups is 2. The lowest BCUT2D eigenvalue weighted by Crippen LogP contribution is -2.24. The van der Waals surface area contributed by atoms with Crippen molar-refractivity contribution < 1.29 is 14.0 Å². The van der Waals surface area contributed by atoms with Crippen molar-refractivity contribution in [2.45, 2.75) is 0 Å². The van der Waals surface area contributed by atoms with E-state index in [4.69, 9.17) is 0 Å². The second-order valence-corrected chi connectivity index (χ2v) is 7.94.